The Kier molecular flexibility index (Phi) is 6.61. The first-order valence-electron chi connectivity index (χ1n) is 6.10. The van der Waals surface area contributed by atoms with Crippen LogP contribution in [0.15, 0.2) is 18.2 Å². The van der Waals surface area contributed by atoms with Crippen LogP contribution in [-0.4, -0.2) is 31.7 Å². The molecule has 0 bridgehead atoms. The quantitative estimate of drug-likeness (QED) is 0.907. The van der Waals surface area contributed by atoms with Crippen molar-refractivity contribution in [3.63, 3.8) is 0 Å². The fraction of sp³-hybridized carbons (Fsp3) is 0.385. The number of rotatable bonds is 5. The van der Waals surface area contributed by atoms with Gasteiger partial charge in [0.25, 0.3) is 0 Å². The van der Waals surface area contributed by atoms with Crippen LogP contribution in [0.4, 0.5) is 10.5 Å². The van der Waals surface area contributed by atoms with Crippen LogP contribution >= 0.6 is 23.2 Å². The van der Waals surface area contributed by atoms with Gasteiger partial charge in [0.2, 0.25) is 5.91 Å². The van der Waals surface area contributed by atoms with Gasteiger partial charge in [-0.15, -0.1) is 0 Å². The molecule has 0 radical (unpaired) electrons. The van der Waals surface area contributed by atoms with E-state index in [4.69, 9.17) is 27.9 Å². The predicted octanol–water partition coefficient (Wildman–Crippen LogP) is 3.09. The standard InChI is InChI=1S/C13H16Cl2N2O3/c1-3-20-13(19)16-7-8-17(9(2)18)11-6-4-5-10(14)12(11)15/h4-6H,3,7-8H2,1-2H3,(H,16,19). The zero-order valence-electron chi connectivity index (χ0n) is 11.3. The lowest BCUT2D eigenvalue weighted by atomic mass is 10.2. The minimum atomic E-state index is -0.520. The molecule has 0 saturated heterocycles. The highest BCUT2D eigenvalue weighted by Crippen LogP contribution is 2.32. The van der Waals surface area contributed by atoms with Gasteiger partial charge in [0.05, 0.1) is 22.3 Å². The smallest absolute Gasteiger partial charge is 0.407 e. The fourth-order valence-corrected chi connectivity index (χ4v) is 2.00. The Morgan fingerprint density at radius 1 is 1.35 bits per heavy atom. The molecule has 5 nitrogen and oxygen atoms in total. The van der Waals surface area contributed by atoms with Crippen molar-refractivity contribution in [1.82, 2.24) is 5.32 Å². The van der Waals surface area contributed by atoms with Crippen LogP contribution in [0.2, 0.25) is 10.0 Å². The van der Waals surface area contributed by atoms with Gasteiger partial charge in [0.1, 0.15) is 0 Å². The predicted molar refractivity (Wildman–Crippen MR) is 79.5 cm³/mol. The summed E-state index contributed by atoms with van der Waals surface area (Å²) in [6.07, 6.45) is -0.520. The van der Waals surface area contributed by atoms with Crippen LogP contribution in [0.1, 0.15) is 13.8 Å². The average Bonchev–Trinajstić information content (AvgIpc) is 2.38. The Hall–Kier alpha value is -1.46. The Morgan fingerprint density at radius 2 is 2.05 bits per heavy atom. The Morgan fingerprint density at radius 3 is 2.65 bits per heavy atom. The molecule has 0 heterocycles. The fourth-order valence-electron chi connectivity index (χ4n) is 1.60. The van der Waals surface area contributed by atoms with Crippen molar-refractivity contribution in [2.45, 2.75) is 13.8 Å². The summed E-state index contributed by atoms with van der Waals surface area (Å²) in [5, 5.41) is 3.22. The van der Waals surface area contributed by atoms with Gasteiger partial charge in [-0.3, -0.25) is 4.79 Å². The van der Waals surface area contributed by atoms with Gasteiger partial charge < -0.3 is 15.0 Å². The molecule has 0 atom stereocenters. The molecule has 2 amide bonds. The van der Waals surface area contributed by atoms with E-state index in [1.165, 1.54) is 11.8 Å². The van der Waals surface area contributed by atoms with Crippen molar-refractivity contribution >= 4 is 40.9 Å². The molecule has 0 aromatic heterocycles. The van der Waals surface area contributed by atoms with E-state index in [0.717, 1.165) is 0 Å². The molecule has 0 unspecified atom stereocenters. The molecule has 7 heteroatoms. The molecule has 0 aliphatic carbocycles. The van der Waals surface area contributed by atoms with Crippen molar-refractivity contribution in [2.75, 3.05) is 24.6 Å². The summed E-state index contributed by atoms with van der Waals surface area (Å²) in [7, 11) is 0. The molecule has 0 saturated carbocycles. The van der Waals surface area contributed by atoms with E-state index in [9.17, 15) is 9.59 Å². The minimum Gasteiger partial charge on any atom is -0.450 e. The first-order valence-corrected chi connectivity index (χ1v) is 6.85. The zero-order valence-corrected chi connectivity index (χ0v) is 12.8. The van der Waals surface area contributed by atoms with Gasteiger partial charge in [-0.25, -0.2) is 4.79 Å². The maximum absolute atomic E-state index is 11.7. The highest BCUT2D eigenvalue weighted by atomic mass is 35.5. The Balaban J connectivity index is 2.73. The second-order valence-corrected chi connectivity index (χ2v) is 4.68. The Bertz CT molecular complexity index is 495. The number of nitrogens with one attached hydrogen (secondary N) is 1. The number of alkyl carbamates (subject to hydrolysis) is 1. The van der Waals surface area contributed by atoms with Gasteiger partial charge >= 0.3 is 6.09 Å². The number of anilines is 1. The first-order chi connectivity index (χ1) is 9.47. The molecule has 0 aliphatic rings. The molecule has 1 aromatic carbocycles. The minimum absolute atomic E-state index is 0.195. The summed E-state index contributed by atoms with van der Waals surface area (Å²) in [6.45, 7) is 3.95. The topological polar surface area (TPSA) is 58.6 Å². The van der Waals surface area contributed by atoms with Crippen molar-refractivity contribution in [2.24, 2.45) is 0 Å². The molecule has 0 fully saturated rings. The lowest BCUT2D eigenvalue weighted by Crippen LogP contribution is -2.37. The molecule has 0 spiro atoms. The van der Waals surface area contributed by atoms with E-state index in [1.807, 2.05) is 0 Å². The van der Waals surface area contributed by atoms with Gasteiger partial charge in [0, 0.05) is 20.0 Å². The number of nitrogens with zero attached hydrogens (tertiary/aromatic N) is 1. The monoisotopic (exact) mass is 318 g/mol. The molecular formula is C13H16Cl2N2O3. The maximum atomic E-state index is 11.7. The number of ether oxygens (including phenoxy) is 1. The van der Waals surface area contributed by atoms with Crippen LogP contribution in [0.3, 0.4) is 0 Å². The number of halogens is 2. The van der Waals surface area contributed by atoms with Crippen LogP contribution in [0.5, 0.6) is 0 Å². The van der Waals surface area contributed by atoms with Crippen LogP contribution < -0.4 is 10.2 Å². The first kappa shape index (κ1) is 16.6. The molecule has 110 valence electrons. The van der Waals surface area contributed by atoms with Gasteiger partial charge in [-0.05, 0) is 19.1 Å². The average molecular weight is 319 g/mol. The number of carbonyl (C=O) groups excluding carboxylic acids is 2. The van der Waals surface area contributed by atoms with Crippen molar-refractivity contribution in [3.8, 4) is 0 Å². The van der Waals surface area contributed by atoms with E-state index in [-0.39, 0.29) is 19.0 Å². The van der Waals surface area contributed by atoms with Gasteiger partial charge in [-0.1, -0.05) is 29.3 Å². The summed E-state index contributed by atoms with van der Waals surface area (Å²) in [4.78, 5) is 24.3. The highest BCUT2D eigenvalue weighted by molar-refractivity contribution is 6.44. The van der Waals surface area contributed by atoms with Crippen molar-refractivity contribution in [1.29, 1.82) is 0 Å². The summed E-state index contributed by atoms with van der Waals surface area (Å²) in [5.74, 6) is -0.195. The second kappa shape index (κ2) is 7.97. The summed E-state index contributed by atoms with van der Waals surface area (Å²) in [6, 6.07) is 5.04. The number of hydrogen-bond donors (Lipinski definition) is 1. The zero-order chi connectivity index (χ0) is 15.1. The van der Waals surface area contributed by atoms with Gasteiger partial charge in [0.15, 0.2) is 0 Å². The van der Waals surface area contributed by atoms with Crippen LogP contribution in [0.25, 0.3) is 0 Å². The van der Waals surface area contributed by atoms with Crippen LogP contribution in [-0.2, 0) is 9.53 Å². The molecule has 1 aromatic rings. The van der Waals surface area contributed by atoms with E-state index in [1.54, 1.807) is 25.1 Å². The summed E-state index contributed by atoms with van der Waals surface area (Å²) < 4.78 is 4.73. The third kappa shape index (κ3) is 4.58. The van der Waals surface area contributed by atoms with Gasteiger partial charge in [-0.2, -0.15) is 0 Å². The number of hydrogen-bond acceptors (Lipinski definition) is 3. The maximum Gasteiger partial charge on any atom is 0.407 e. The number of benzene rings is 1. The Labute approximate surface area is 127 Å². The SMILES string of the molecule is CCOC(=O)NCCN(C(C)=O)c1cccc(Cl)c1Cl. The van der Waals surface area contributed by atoms with E-state index in [2.05, 4.69) is 5.32 Å². The summed E-state index contributed by atoms with van der Waals surface area (Å²) in [5.41, 5.74) is 0.511. The molecule has 0 aliphatic heterocycles. The third-order valence-electron chi connectivity index (χ3n) is 2.48. The number of carbonyl (C=O) groups is 2. The molecule has 1 N–H and O–H groups in total. The van der Waals surface area contributed by atoms with E-state index in [0.29, 0.717) is 22.3 Å². The second-order valence-electron chi connectivity index (χ2n) is 3.89. The molecular weight excluding hydrogens is 303 g/mol. The lowest BCUT2D eigenvalue weighted by molar-refractivity contribution is -0.116. The summed E-state index contributed by atoms with van der Waals surface area (Å²) >= 11 is 12.0. The molecule has 1 rings (SSSR count). The van der Waals surface area contributed by atoms with E-state index >= 15 is 0 Å². The molecule has 20 heavy (non-hydrogen) atoms. The third-order valence-corrected chi connectivity index (χ3v) is 3.29. The lowest BCUT2D eigenvalue weighted by Gasteiger charge is -2.22. The normalized spacial score (nSPS) is 10.0. The van der Waals surface area contributed by atoms with E-state index < -0.39 is 6.09 Å². The van der Waals surface area contributed by atoms with Crippen molar-refractivity contribution < 1.29 is 14.3 Å². The van der Waals surface area contributed by atoms with Crippen molar-refractivity contribution in [3.05, 3.63) is 28.2 Å². The largest absolute Gasteiger partial charge is 0.450 e. The van der Waals surface area contributed by atoms with Crippen LogP contribution in [0, 0.1) is 0 Å². The highest BCUT2D eigenvalue weighted by Gasteiger charge is 2.16. The number of amides is 2.